The van der Waals surface area contributed by atoms with Crippen molar-refractivity contribution < 1.29 is 9.53 Å². The van der Waals surface area contributed by atoms with Crippen LogP contribution in [0.4, 0.5) is 10.6 Å². The Hall–Kier alpha value is -2.50. The van der Waals surface area contributed by atoms with Gasteiger partial charge in [-0.25, -0.2) is 9.48 Å². The summed E-state index contributed by atoms with van der Waals surface area (Å²) >= 11 is 0. The molecule has 6 nitrogen and oxygen atoms in total. The van der Waals surface area contributed by atoms with Gasteiger partial charge < -0.3 is 15.0 Å². The molecule has 4 bridgehead atoms. The molecule has 1 N–H and O–H groups in total. The zero-order chi connectivity index (χ0) is 20.1. The van der Waals surface area contributed by atoms with Gasteiger partial charge in [-0.15, -0.1) is 0 Å². The lowest BCUT2D eigenvalue weighted by atomic mass is 9.54. The quantitative estimate of drug-likeness (QED) is 0.818. The number of para-hydroxylation sites is 1. The zero-order valence-corrected chi connectivity index (χ0v) is 17.4. The summed E-state index contributed by atoms with van der Waals surface area (Å²) in [6, 6.07) is 10.4. The number of hydrogen-bond donors (Lipinski definition) is 1. The number of carbonyl (C=O) groups is 1. The standard InChI is InChI=1S/C24H30N4O2/c29-24(26-22-18-11-16-10-17(13-18)14-19(22)12-16)30-21-15-25-28(20-6-2-1-3-7-20)23(21)27-8-4-5-9-27/h1-3,6-7,15-19,22H,4-5,8-14H2,(H,26,29). The lowest BCUT2D eigenvalue weighted by Crippen LogP contribution is -2.56. The molecule has 0 spiro atoms. The van der Waals surface area contributed by atoms with E-state index in [1.54, 1.807) is 6.20 Å². The Morgan fingerprint density at radius 1 is 0.967 bits per heavy atom. The van der Waals surface area contributed by atoms with Crippen LogP contribution in [0.1, 0.15) is 44.9 Å². The maximum atomic E-state index is 12.9. The van der Waals surface area contributed by atoms with Gasteiger partial charge in [-0.05, 0) is 80.8 Å². The fraction of sp³-hybridized carbons (Fsp3) is 0.583. The molecule has 1 aliphatic heterocycles. The van der Waals surface area contributed by atoms with E-state index >= 15 is 0 Å². The highest BCUT2D eigenvalue weighted by molar-refractivity contribution is 5.73. The molecular weight excluding hydrogens is 376 g/mol. The summed E-state index contributed by atoms with van der Waals surface area (Å²) in [6.45, 7) is 1.93. The lowest BCUT2D eigenvalue weighted by Gasteiger charge is -2.54. The Kier molecular flexibility index (Phi) is 4.46. The Morgan fingerprint density at radius 2 is 1.63 bits per heavy atom. The summed E-state index contributed by atoms with van der Waals surface area (Å²) in [6.07, 6.45) is 10.2. The Balaban J connectivity index is 1.22. The first-order valence-electron chi connectivity index (χ1n) is 11.6. The van der Waals surface area contributed by atoms with E-state index in [9.17, 15) is 4.79 Å². The minimum atomic E-state index is -0.319. The van der Waals surface area contributed by atoms with E-state index in [2.05, 4.69) is 15.3 Å². The normalized spacial score (nSPS) is 31.9. The molecule has 30 heavy (non-hydrogen) atoms. The van der Waals surface area contributed by atoms with Crippen LogP contribution in [0.25, 0.3) is 5.69 Å². The van der Waals surface area contributed by atoms with E-state index in [4.69, 9.17) is 4.74 Å². The van der Waals surface area contributed by atoms with Crippen molar-refractivity contribution in [3.05, 3.63) is 36.5 Å². The lowest BCUT2D eigenvalue weighted by molar-refractivity contribution is -0.0114. The van der Waals surface area contributed by atoms with Gasteiger partial charge in [-0.3, -0.25) is 0 Å². The zero-order valence-electron chi connectivity index (χ0n) is 17.4. The predicted molar refractivity (Wildman–Crippen MR) is 115 cm³/mol. The van der Waals surface area contributed by atoms with E-state index in [0.29, 0.717) is 17.6 Å². The first kappa shape index (κ1) is 18.3. The maximum Gasteiger partial charge on any atom is 0.413 e. The Labute approximate surface area is 177 Å². The molecule has 1 aromatic heterocycles. The molecule has 0 radical (unpaired) electrons. The Morgan fingerprint density at radius 3 is 2.30 bits per heavy atom. The van der Waals surface area contributed by atoms with Crippen LogP contribution in [0, 0.1) is 23.7 Å². The van der Waals surface area contributed by atoms with Gasteiger partial charge in [0.25, 0.3) is 0 Å². The number of carbonyl (C=O) groups excluding carboxylic acids is 1. The minimum Gasteiger partial charge on any atom is -0.405 e. The van der Waals surface area contributed by atoms with Crippen LogP contribution >= 0.6 is 0 Å². The average molecular weight is 407 g/mol. The molecule has 0 unspecified atom stereocenters. The summed E-state index contributed by atoms with van der Waals surface area (Å²) in [4.78, 5) is 15.2. The SMILES string of the molecule is O=C(NC1C2CC3CC(C2)CC1C3)Oc1cnn(-c2ccccc2)c1N1CCCC1. The number of anilines is 1. The number of benzene rings is 1. The number of amides is 1. The van der Waals surface area contributed by atoms with Crippen molar-refractivity contribution in [1.29, 1.82) is 0 Å². The molecule has 6 heteroatoms. The van der Waals surface area contributed by atoms with Gasteiger partial charge in [-0.2, -0.15) is 5.10 Å². The molecular formula is C24H30N4O2. The van der Waals surface area contributed by atoms with Crippen LogP contribution in [0.15, 0.2) is 36.5 Å². The van der Waals surface area contributed by atoms with Gasteiger partial charge in [-0.1, -0.05) is 18.2 Å². The number of nitrogens with zero attached hydrogens (tertiary/aromatic N) is 3. The van der Waals surface area contributed by atoms with Gasteiger partial charge in [0.15, 0.2) is 11.6 Å². The van der Waals surface area contributed by atoms with Crippen molar-refractivity contribution in [3.63, 3.8) is 0 Å². The van der Waals surface area contributed by atoms with Crippen molar-refractivity contribution >= 4 is 11.9 Å². The van der Waals surface area contributed by atoms with Crippen LogP contribution in [0.5, 0.6) is 5.75 Å². The van der Waals surface area contributed by atoms with Crippen molar-refractivity contribution in [2.75, 3.05) is 18.0 Å². The molecule has 1 saturated heterocycles. The van der Waals surface area contributed by atoms with Crippen LogP contribution in [0.2, 0.25) is 0 Å². The fourth-order valence-electron chi connectivity index (χ4n) is 6.80. The molecule has 4 saturated carbocycles. The van der Waals surface area contributed by atoms with E-state index < -0.39 is 0 Å². The number of rotatable bonds is 4. The fourth-order valence-corrected chi connectivity index (χ4v) is 6.80. The van der Waals surface area contributed by atoms with Gasteiger partial charge >= 0.3 is 6.09 Å². The van der Waals surface area contributed by atoms with E-state index in [1.165, 1.54) is 32.1 Å². The second-order valence-electron chi connectivity index (χ2n) is 9.76. The van der Waals surface area contributed by atoms with E-state index in [0.717, 1.165) is 49.3 Å². The first-order valence-corrected chi connectivity index (χ1v) is 11.6. The van der Waals surface area contributed by atoms with E-state index in [1.807, 2.05) is 35.0 Å². The molecule has 1 aromatic carbocycles. The molecule has 7 rings (SSSR count). The second-order valence-corrected chi connectivity index (χ2v) is 9.76. The predicted octanol–water partition coefficient (Wildman–Crippen LogP) is 4.39. The van der Waals surface area contributed by atoms with Crippen molar-refractivity contribution in [1.82, 2.24) is 15.1 Å². The number of aromatic nitrogens is 2. The van der Waals surface area contributed by atoms with Gasteiger partial charge in [0.2, 0.25) is 0 Å². The highest BCUT2D eigenvalue weighted by atomic mass is 16.6. The molecule has 2 heterocycles. The monoisotopic (exact) mass is 406 g/mol. The minimum absolute atomic E-state index is 0.282. The Bertz CT molecular complexity index is 891. The molecule has 4 aliphatic carbocycles. The highest BCUT2D eigenvalue weighted by Crippen LogP contribution is 2.53. The van der Waals surface area contributed by atoms with Gasteiger partial charge in [0, 0.05) is 19.1 Å². The largest absolute Gasteiger partial charge is 0.413 e. The maximum absolute atomic E-state index is 12.9. The number of ether oxygens (including phenoxy) is 1. The topological polar surface area (TPSA) is 59.4 Å². The highest BCUT2D eigenvalue weighted by Gasteiger charge is 2.48. The molecule has 2 aromatic rings. The summed E-state index contributed by atoms with van der Waals surface area (Å²) in [5.41, 5.74) is 0.982. The van der Waals surface area contributed by atoms with Gasteiger partial charge in [0.1, 0.15) is 0 Å². The van der Waals surface area contributed by atoms with E-state index in [-0.39, 0.29) is 12.1 Å². The number of hydrogen-bond acceptors (Lipinski definition) is 4. The third kappa shape index (κ3) is 3.17. The summed E-state index contributed by atoms with van der Waals surface area (Å²) in [5, 5.41) is 7.83. The smallest absolute Gasteiger partial charge is 0.405 e. The first-order chi connectivity index (χ1) is 14.7. The summed E-state index contributed by atoms with van der Waals surface area (Å²) in [7, 11) is 0. The summed E-state index contributed by atoms with van der Waals surface area (Å²) in [5.74, 6) is 4.51. The van der Waals surface area contributed by atoms with Crippen LogP contribution in [-0.4, -0.2) is 35.0 Å². The van der Waals surface area contributed by atoms with Crippen LogP contribution < -0.4 is 15.0 Å². The van der Waals surface area contributed by atoms with Crippen molar-refractivity contribution in [3.8, 4) is 11.4 Å². The third-order valence-electron chi connectivity index (χ3n) is 7.83. The third-order valence-corrected chi connectivity index (χ3v) is 7.83. The molecule has 1 amide bonds. The molecule has 5 fully saturated rings. The molecule has 158 valence electrons. The van der Waals surface area contributed by atoms with Crippen molar-refractivity contribution in [2.45, 2.75) is 51.0 Å². The molecule has 5 aliphatic rings. The van der Waals surface area contributed by atoms with Crippen LogP contribution in [-0.2, 0) is 0 Å². The van der Waals surface area contributed by atoms with Gasteiger partial charge in [0.05, 0.1) is 11.9 Å². The summed E-state index contributed by atoms with van der Waals surface area (Å²) < 4.78 is 7.79. The average Bonchev–Trinajstić information content (AvgIpc) is 3.40. The second kappa shape index (κ2) is 7.33. The number of nitrogens with one attached hydrogen (secondary N) is 1. The van der Waals surface area contributed by atoms with Crippen LogP contribution in [0.3, 0.4) is 0 Å². The van der Waals surface area contributed by atoms with Crippen molar-refractivity contribution in [2.24, 2.45) is 23.7 Å². The molecule has 0 atom stereocenters.